The number of hydrogen-bond acceptors (Lipinski definition) is 6. The van der Waals surface area contributed by atoms with Gasteiger partial charge < -0.3 is 15.6 Å². The molecule has 0 atom stereocenters. The summed E-state index contributed by atoms with van der Waals surface area (Å²) in [6.45, 7) is 0.690. The van der Waals surface area contributed by atoms with Crippen LogP contribution in [0.25, 0.3) is 39.1 Å². The Labute approximate surface area is 223 Å². The van der Waals surface area contributed by atoms with E-state index in [0.29, 0.717) is 6.54 Å². The molecular formula is C29H27N7OS. The van der Waals surface area contributed by atoms with Crippen molar-refractivity contribution in [3.8, 4) is 22.6 Å². The third-order valence-corrected chi connectivity index (χ3v) is 8.35. The number of benzene rings is 1. The lowest BCUT2D eigenvalue weighted by Crippen LogP contribution is -2.24. The minimum atomic E-state index is 0.0988. The third kappa shape index (κ3) is 4.18. The zero-order chi connectivity index (χ0) is 25.5. The number of hydrogen-bond donors (Lipinski definition) is 4. The van der Waals surface area contributed by atoms with Crippen molar-refractivity contribution < 1.29 is 4.79 Å². The molecule has 5 aromatic rings. The highest BCUT2D eigenvalue weighted by molar-refractivity contribution is 7.11. The average molecular weight is 522 g/mol. The van der Waals surface area contributed by atoms with E-state index in [1.807, 2.05) is 30.6 Å². The second-order valence-corrected chi connectivity index (χ2v) is 10.9. The largest absolute Gasteiger partial charge is 0.385 e. The Morgan fingerprint density at radius 2 is 1.95 bits per heavy atom. The molecule has 1 saturated carbocycles. The van der Waals surface area contributed by atoms with Crippen LogP contribution in [-0.2, 0) is 11.3 Å². The maximum absolute atomic E-state index is 12.8. The maximum atomic E-state index is 12.8. The summed E-state index contributed by atoms with van der Waals surface area (Å²) in [5.74, 6) is 0.932. The first-order valence-corrected chi connectivity index (χ1v) is 13.9. The van der Waals surface area contributed by atoms with Gasteiger partial charge in [0.05, 0.1) is 35.3 Å². The molecule has 5 heterocycles. The number of pyridine rings is 1. The van der Waals surface area contributed by atoms with Gasteiger partial charge in [0.1, 0.15) is 5.69 Å². The normalized spacial score (nSPS) is 15.6. The molecule has 0 radical (unpaired) electrons. The summed E-state index contributed by atoms with van der Waals surface area (Å²) in [5, 5.41) is 17.2. The van der Waals surface area contributed by atoms with Gasteiger partial charge in [-0.05, 0) is 48.1 Å². The number of aromatic amines is 2. The van der Waals surface area contributed by atoms with Crippen LogP contribution < -0.4 is 10.6 Å². The van der Waals surface area contributed by atoms with Crippen LogP contribution in [0.5, 0.6) is 0 Å². The van der Waals surface area contributed by atoms with Gasteiger partial charge in [0.15, 0.2) is 5.82 Å². The van der Waals surface area contributed by atoms with E-state index in [9.17, 15) is 4.79 Å². The fraction of sp³-hybridized carbons (Fsp3) is 0.241. The number of amides is 1. The van der Waals surface area contributed by atoms with Crippen LogP contribution in [-0.4, -0.2) is 31.1 Å². The van der Waals surface area contributed by atoms with Gasteiger partial charge in [-0.25, -0.2) is 4.98 Å². The van der Waals surface area contributed by atoms with Gasteiger partial charge in [-0.15, -0.1) is 11.3 Å². The molecule has 1 aliphatic carbocycles. The minimum absolute atomic E-state index is 0.0988. The number of nitrogens with zero attached hydrogens (tertiary/aromatic N) is 3. The topological polar surface area (TPSA) is 111 Å². The van der Waals surface area contributed by atoms with E-state index in [1.165, 1.54) is 11.3 Å². The first-order valence-electron chi connectivity index (χ1n) is 13.0. The molecule has 190 valence electrons. The Morgan fingerprint density at radius 3 is 2.82 bits per heavy atom. The predicted octanol–water partition coefficient (Wildman–Crippen LogP) is 6.09. The summed E-state index contributed by atoms with van der Waals surface area (Å²) in [6, 6.07) is 12.3. The smallest absolute Gasteiger partial charge is 0.227 e. The summed E-state index contributed by atoms with van der Waals surface area (Å²) >= 11 is 1.70. The first-order chi connectivity index (χ1) is 18.7. The van der Waals surface area contributed by atoms with Gasteiger partial charge in [-0.1, -0.05) is 31.4 Å². The van der Waals surface area contributed by atoms with Crippen LogP contribution in [0.15, 0.2) is 60.4 Å². The lowest BCUT2D eigenvalue weighted by Gasteiger charge is -2.20. The van der Waals surface area contributed by atoms with E-state index < -0.39 is 0 Å². The van der Waals surface area contributed by atoms with Crippen molar-refractivity contribution in [3.63, 3.8) is 0 Å². The van der Waals surface area contributed by atoms with Crippen LogP contribution in [0.2, 0.25) is 0 Å². The van der Waals surface area contributed by atoms with Crippen LogP contribution in [0.4, 0.5) is 5.69 Å². The molecular weight excluding hydrogens is 494 g/mol. The highest BCUT2D eigenvalue weighted by atomic mass is 32.1. The first kappa shape index (κ1) is 22.9. The molecule has 38 heavy (non-hydrogen) atoms. The molecule has 9 heteroatoms. The van der Waals surface area contributed by atoms with E-state index in [0.717, 1.165) is 81.9 Å². The Bertz CT molecular complexity index is 1660. The van der Waals surface area contributed by atoms with Crippen LogP contribution in [0, 0.1) is 5.92 Å². The zero-order valence-electron chi connectivity index (χ0n) is 20.8. The monoisotopic (exact) mass is 521 g/mol. The quantitative estimate of drug-likeness (QED) is 0.224. The molecule has 7 rings (SSSR count). The van der Waals surface area contributed by atoms with E-state index in [1.54, 1.807) is 17.5 Å². The number of carbonyl (C=O) groups excluding carboxylic acids is 1. The van der Waals surface area contributed by atoms with Crippen molar-refractivity contribution in [2.45, 2.75) is 38.6 Å². The molecule has 0 unspecified atom stereocenters. The lowest BCUT2D eigenvalue weighted by molar-refractivity contribution is -0.120. The van der Waals surface area contributed by atoms with E-state index >= 15 is 0 Å². The van der Waals surface area contributed by atoms with E-state index in [-0.39, 0.29) is 11.8 Å². The molecule has 1 amide bonds. The highest BCUT2D eigenvalue weighted by Crippen LogP contribution is 2.35. The molecule has 0 spiro atoms. The predicted molar refractivity (Wildman–Crippen MR) is 150 cm³/mol. The molecule has 2 aliphatic rings. The van der Waals surface area contributed by atoms with E-state index in [2.05, 4.69) is 54.4 Å². The fourth-order valence-electron chi connectivity index (χ4n) is 5.46. The van der Waals surface area contributed by atoms with Crippen LogP contribution in [0.1, 0.15) is 48.4 Å². The standard InChI is InChI=1S/C29H27N7OS/c37-29(17-5-2-1-3-6-17)32-20-11-19(13-30-14-20)18-8-9-23-21(12-18)27(36-35-23)28-33-24-16-31-15-22(26(24)34-28)25-7-4-10-38-25/h4,7-15,17,31H,1-3,5-6,16H2,(H,32,37)(H,33,34)(H,35,36). The van der Waals surface area contributed by atoms with Crippen molar-refractivity contribution in [1.82, 2.24) is 30.5 Å². The zero-order valence-corrected chi connectivity index (χ0v) is 21.6. The minimum Gasteiger partial charge on any atom is -0.385 e. The lowest BCUT2D eigenvalue weighted by atomic mass is 9.88. The Kier molecular flexibility index (Phi) is 5.77. The van der Waals surface area contributed by atoms with Gasteiger partial charge >= 0.3 is 0 Å². The molecule has 0 bridgehead atoms. The SMILES string of the molecule is O=C(Nc1cncc(-c2ccc3[nH]nc(-c4nc5c([nH]4)CNC=C5c4cccs4)c3c2)c1)C1CCCCC1. The number of imidazole rings is 1. The number of rotatable bonds is 5. The summed E-state index contributed by atoms with van der Waals surface area (Å²) in [5.41, 5.74) is 7.46. The number of fused-ring (bicyclic) bond motifs is 2. The molecule has 1 aromatic carbocycles. The summed E-state index contributed by atoms with van der Waals surface area (Å²) in [4.78, 5) is 26.8. The molecule has 4 aromatic heterocycles. The van der Waals surface area contributed by atoms with Crippen molar-refractivity contribution in [2.24, 2.45) is 5.92 Å². The number of thiophene rings is 1. The number of nitrogens with one attached hydrogen (secondary N) is 4. The third-order valence-electron chi connectivity index (χ3n) is 7.45. The maximum Gasteiger partial charge on any atom is 0.227 e. The number of carbonyl (C=O) groups is 1. The summed E-state index contributed by atoms with van der Waals surface area (Å²) in [7, 11) is 0. The highest BCUT2D eigenvalue weighted by Gasteiger charge is 2.23. The molecule has 8 nitrogen and oxygen atoms in total. The Morgan fingerprint density at radius 1 is 1.03 bits per heavy atom. The molecule has 1 fully saturated rings. The molecule has 0 saturated heterocycles. The van der Waals surface area contributed by atoms with Crippen molar-refractivity contribution in [1.29, 1.82) is 0 Å². The summed E-state index contributed by atoms with van der Waals surface area (Å²) < 4.78 is 0. The Balaban J connectivity index is 1.20. The molecule has 1 aliphatic heterocycles. The van der Waals surface area contributed by atoms with Crippen molar-refractivity contribution >= 4 is 39.4 Å². The average Bonchev–Trinajstić information content (AvgIpc) is 3.73. The summed E-state index contributed by atoms with van der Waals surface area (Å²) in [6.07, 6.45) is 11.0. The van der Waals surface area contributed by atoms with Gasteiger partial charge in [-0.3, -0.25) is 14.9 Å². The fourth-order valence-corrected chi connectivity index (χ4v) is 6.21. The number of aromatic nitrogens is 5. The van der Waals surface area contributed by atoms with Crippen molar-refractivity contribution in [3.05, 3.63) is 76.6 Å². The van der Waals surface area contributed by atoms with Gasteiger partial charge in [0.2, 0.25) is 5.91 Å². The van der Waals surface area contributed by atoms with Crippen molar-refractivity contribution in [2.75, 3.05) is 5.32 Å². The Hall–Kier alpha value is -4.24. The van der Waals surface area contributed by atoms with Gasteiger partial charge in [0.25, 0.3) is 0 Å². The van der Waals surface area contributed by atoms with Gasteiger partial charge in [-0.2, -0.15) is 5.10 Å². The second kappa shape index (κ2) is 9.57. The van der Waals surface area contributed by atoms with Crippen LogP contribution in [0.3, 0.4) is 0 Å². The second-order valence-electron chi connectivity index (χ2n) is 9.95. The van der Waals surface area contributed by atoms with Gasteiger partial charge in [0, 0.05) is 39.7 Å². The number of H-pyrrole nitrogens is 2. The van der Waals surface area contributed by atoms with E-state index in [4.69, 9.17) is 4.98 Å². The molecule has 4 N–H and O–H groups in total. The van der Waals surface area contributed by atoms with Crippen LogP contribution >= 0.6 is 11.3 Å². The number of anilines is 1.